The molecular formula is C18H28N6O2. The maximum Gasteiger partial charge on any atom is 0.332 e. The topological polar surface area (TPSA) is 77.4 Å². The molecule has 8 heteroatoms. The zero-order valence-corrected chi connectivity index (χ0v) is 16.6. The highest BCUT2D eigenvalue weighted by Crippen LogP contribution is 2.30. The molecule has 1 aliphatic heterocycles. The summed E-state index contributed by atoms with van der Waals surface area (Å²) in [5, 5.41) is 6.51. The van der Waals surface area contributed by atoms with Crippen LogP contribution in [0.15, 0.2) is 14.7 Å². The monoisotopic (exact) mass is 360 g/mol. The van der Waals surface area contributed by atoms with Crippen LogP contribution in [0.4, 0.5) is 5.95 Å². The molecule has 1 aliphatic rings. The summed E-state index contributed by atoms with van der Waals surface area (Å²) in [6.07, 6.45) is 0. The molecule has 0 unspecified atom stereocenters. The molecular weight excluding hydrogens is 332 g/mol. The molecule has 0 fully saturated rings. The van der Waals surface area contributed by atoms with Gasteiger partial charge >= 0.3 is 5.69 Å². The third-order valence-electron chi connectivity index (χ3n) is 4.74. The normalized spacial score (nSPS) is 17.3. The van der Waals surface area contributed by atoms with Gasteiger partial charge in [0.1, 0.15) is 0 Å². The summed E-state index contributed by atoms with van der Waals surface area (Å²) < 4.78 is 4.72. The Morgan fingerprint density at radius 3 is 2.27 bits per heavy atom. The molecule has 0 aromatic carbocycles. The molecule has 0 N–H and O–H groups in total. The van der Waals surface area contributed by atoms with Crippen LogP contribution in [0.3, 0.4) is 0 Å². The van der Waals surface area contributed by atoms with E-state index in [4.69, 9.17) is 0 Å². The van der Waals surface area contributed by atoms with Crippen LogP contribution in [0.25, 0.3) is 11.2 Å². The van der Waals surface area contributed by atoms with Crippen LogP contribution in [-0.4, -0.2) is 30.9 Å². The minimum absolute atomic E-state index is 0.0869. The highest BCUT2D eigenvalue weighted by molar-refractivity contribution is 5.91. The first kappa shape index (κ1) is 18.4. The summed E-state index contributed by atoms with van der Waals surface area (Å²) in [7, 11) is 1.67. The third kappa shape index (κ3) is 2.77. The van der Waals surface area contributed by atoms with Crippen LogP contribution in [0.1, 0.15) is 47.6 Å². The first-order valence-electron chi connectivity index (χ1n) is 9.17. The van der Waals surface area contributed by atoms with Crippen LogP contribution in [0.2, 0.25) is 0 Å². The SMILES string of the molecule is CC1=NN(CC(C)C)c2nc3c(c(=O)n(CC(C)C)c(=O)n3C)n2[C@H]1C. The quantitative estimate of drug-likeness (QED) is 0.835. The maximum atomic E-state index is 13.2. The molecule has 2 aromatic heterocycles. The Hall–Kier alpha value is -2.38. The number of hydrogen-bond donors (Lipinski definition) is 0. The lowest BCUT2D eigenvalue weighted by molar-refractivity contribution is 0.483. The summed E-state index contributed by atoms with van der Waals surface area (Å²) in [5.74, 6) is 1.20. The number of nitrogens with zero attached hydrogens (tertiary/aromatic N) is 6. The lowest BCUT2D eigenvalue weighted by atomic mass is 10.2. The Morgan fingerprint density at radius 2 is 1.69 bits per heavy atom. The summed E-state index contributed by atoms with van der Waals surface area (Å²) >= 11 is 0. The van der Waals surface area contributed by atoms with E-state index in [2.05, 4.69) is 23.9 Å². The lowest BCUT2D eigenvalue weighted by Crippen LogP contribution is -2.41. The van der Waals surface area contributed by atoms with E-state index in [9.17, 15) is 9.59 Å². The van der Waals surface area contributed by atoms with E-state index in [-0.39, 0.29) is 23.2 Å². The van der Waals surface area contributed by atoms with Crippen LogP contribution in [-0.2, 0) is 13.6 Å². The van der Waals surface area contributed by atoms with Gasteiger partial charge in [-0.3, -0.25) is 18.5 Å². The summed E-state index contributed by atoms with van der Waals surface area (Å²) in [6.45, 7) is 13.3. The van der Waals surface area contributed by atoms with Crippen molar-refractivity contribution in [3.8, 4) is 0 Å². The van der Waals surface area contributed by atoms with Gasteiger partial charge in [0.25, 0.3) is 5.56 Å². The van der Waals surface area contributed by atoms with Gasteiger partial charge in [-0.2, -0.15) is 10.1 Å². The van der Waals surface area contributed by atoms with Crippen molar-refractivity contribution in [2.75, 3.05) is 11.6 Å². The molecule has 0 radical (unpaired) electrons. The standard InChI is InChI=1S/C18H28N6O2/c1-10(2)8-22-16(25)14-15(21(7)18(22)26)19-17-23(9-11(3)4)20-12(5)13(6)24(14)17/h10-11,13H,8-9H2,1-7H3/t13-/m0/s1. The van der Waals surface area contributed by atoms with E-state index < -0.39 is 0 Å². The molecule has 26 heavy (non-hydrogen) atoms. The first-order chi connectivity index (χ1) is 12.1. The van der Waals surface area contributed by atoms with Gasteiger partial charge in [0.15, 0.2) is 11.2 Å². The fourth-order valence-electron chi connectivity index (χ4n) is 3.38. The molecule has 3 heterocycles. The Morgan fingerprint density at radius 1 is 1.08 bits per heavy atom. The summed E-state index contributed by atoms with van der Waals surface area (Å²) in [6, 6.07) is -0.0869. The van der Waals surface area contributed by atoms with E-state index >= 15 is 0 Å². The Kier molecular flexibility index (Phi) is 4.54. The Bertz CT molecular complexity index is 992. The summed E-state index contributed by atoms with van der Waals surface area (Å²) in [4.78, 5) is 30.5. The van der Waals surface area contributed by atoms with E-state index in [1.54, 1.807) is 7.05 Å². The second kappa shape index (κ2) is 6.41. The zero-order chi connectivity index (χ0) is 19.3. The van der Waals surface area contributed by atoms with Gasteiger partial charge in [0, 0.05) is 20.1 Å². The van der Waals surface area contributed by atoms with Crippen molar-refractivity contribution in [2.24, 2.45) is 24.0 Å². The second-order valence-electron chi connectivity index (χ2n) is 8.00. The van der Waals surface area contributed by atoms with Gasteiger partial charge in [0.05, 0.1) is 11.8 Å². The molecule has 1 atom stereocenters. The molecule has 0 amide bonds. The van der Waals surface area contributed by atoms with Crippen molar-refractivity contribution < 1.29 is 0 Å². The van der Waals surface area contributed by atoms with Gasteiger partial charge in [-0.25, -0.2) is 9.80 Å². The van der Waals surface area contributed by atoms with Crippen molar-refractivity contribution in [1.29, 1.82) is 0 Å². The average Bonchev–Trinajstić information content (AvgIpc) is 2.95. The molecule has 3 rings (SSSR count). The highest BCUT2D eigenvalue weighted by Gasteiger charge is 2.30. The fraction of sp³-hybridized carbons (Fsp3) is 0.667. The van der Waals surface area contributed by atoms with Crippen molar-refractivity contribution in [1.82, 2.24) is 18.7 Å². The predicted octanol–water partition coefficient (Wildman–Crippen LogP) is 1.97. The number of imidazole rings is 1. The van der Waals surface area contributed by atoms with Gasteiger partial charge in [0.2, 0.25) is 5.95 Å². The van der Waals surface area contributed by atoms with Crippen LogP contribution < -0.4 is 16.3 Å². The predicted molar refractivity (Wildman–Crippen MR) is 104 cm³/mol. The highest BCUT2D eigenvalue weighted by atomic mass is 16.2. The number of fused-ring (bicyclic) bond motifs is 3. The molecule has 0 spiro atoms. The Balaban J connectivity index is 2.36. The molecule has 8 nitrogen and oxygen atoms in total. The van der Waals surface area contributed by atoms with Crippen molar-refractivity contribution in [2.45, 2.75) is 54.1 Å². The third-order valence-corrected chi connectivity index (χ3v) is 4.74. The minimum Gasteiger partial charge on any atom is -0.294 e. The van der Waals surface area contributed by atoms with Gasteiger partial charge < -0.3 is 0 Å². The molecule has 0 aliphatic carbocycles. The van der Waals surface area contributed by atoms with Crippen LogP contribution >= 0.6 is 0 Å². The lowest BCUT2D eigenvalue weighted by Gasteiger charge is -2.30. The number of aromatic nitrogens is 4. The van der Waals surface area contributed by atoms with Gasteiger partial charge in [-0.15, -0.1) is 0 Å². The largest absolute Gasteiger partial charge is 0.332 e. The van der Waals surface area contributed by atoms with Crippen molar-refractivity contribution in [3.63, 3.8) is 0 Å². The van der Waals surface area contributed by atoms with Crippen LogP contribution in [0.5, 0.6) is 0 Å². The van der Waals surface area contributed by atoms with Gasteiger partial charge in [-0.1, -0.05) is 27.7 Å². The van der Waals surface area contributed by atoms with E-state index in [0.717, 1.165) is 5.71 Å². The molecule has 0 saturated heterocycles. The number of aryl methyl sites for hydroxylation is 1. The first-order valence-corrected chi connectivity index (χ1v) is 9.17. The number of hydrogen-bond acceptors (Lipinski definition) is 5. The second-order valence-corrected chi connectivity index (χ2v) is 8.00. The Labute approximate surface area is 152 Å². The molecule has 0 saturated carbocycles. The van der Waals surface area contributed by atoms with E-state index in [0.29, 0.717) is 36.1 Å². The number of anilines is 1. The number of hydrazone groups is 1. The number of rotatable bonds is 4. The molecule has 0 bridgehead atoms. The van der Waals surface area contributed by atoms with E-state index in [1.807, 2.05) is 37.3 Å². The average molecular weight is 360 g/mol. The van der Waals surface area contributed by atoms with E-state index in [1.165, 1.54) is 9.13 Å². The van der Waals surface area contributed by atoms with Gasteiger partial charge in [-0.05, 0) is 25.7 Å². The van der Waals surface area contributed by atoms with Crippen molar-refractivity contribution >= 4 is 22.8 Å². The fourth-order valence-corrected chi connectivity index (χ4v) is 3.38. The molecule has 142 valence electrons. The van der Waals surface area contributed by atoms with Crippen LogP contribution in [0, 0.1) is 11.8 Å². The zero-order valence-electron chi connectivity index (χ0n) is 16.6. The molecule has 2 aromatic rings. The maximum absolute atomic E-state index is 13.2. The smallest absolute Gasteiger partial charge is 0.294 e. The minimum atomic E-state index is -0.327. The van der Waals surface area contributed by atoms with Crippen molar-refractivity contribution in [3.05, 3.63) is 20.8 Å². The summed E-state index contributed by atoms with van der Waals surface area (Å²) in [5.41, 5.74) is 1.20.